The molecule has 1 atom stereocenters. The van der Waals surface area contributed by atoms with Crippen molar-refractivity contribution in [1.29, 1.82) is 0 Å². The number of benzene rings is 1. The van der Waals surface area contributed by atoms with E-state index in [1.807, 2.05) is 0 Å². The van der Waals surface area contributed by atoms with Crippen LogP contribution in [-0.2, 0) is 6.18 Å². The van der Waals surface area contributed by atoms with Crippen molar-refractivity contribution in [1.82, 2.24) is 4.98 Å². The van der Waals surface area contributed by atoms with Crippen LogP contribution in [0.4, 0.5) is 23.4 Å². The zero-order valence-electron chi connectivity index (χ0n) is 10.9. The molecule has 0 saturated heterocycles. The van der Waals surface area contributed by atoms with Crippen LogP contribution in [-0.4, -0.2) is 4.98 Å². The number of hydrogen-bond acceptors (Lipinski definition) is 2. The second kappa shape index (κ2) is 5.89. The van der Waals surface area contributed by atoms with Crippen molar-refractivity contribution in [2.24, 2.45) is 0 Å². The molecule has 112 valence electrons. The quantitative estimate of drug-likeness (QED) is 0.800. The molecular weight excluding hydrogens is 308 g/mol. The maximum atomic E-state index is 13.1. The van der Waals surface area contributed by atoms with Gasteiger partial charge in [-0.15, -0.1) is 0 Å². The molecule has 7 heteroatoms. The van der Waals surface area contributed by atoms with Gasteiger partial charge in [0.2, 0.25) is 0 Å². The van der Waals surface area contributed by atoms with Crippen molar-refractivity contribution < 1.29 is 17.6 Å². The van der Waals surface area contributed by atoms with Gasteiger partial charge in [-0.3, -0.25) is 0 Å². The van der Waals surface area contributed by atoms with Crippen molar-refractivity contribution >= 4 is 17.4 Å². The number of alkyl halides is 3. The van der Waals surface area contributed by atoms with Crippen LogP contribution >= 0.6 is 11.6 Å². The maximum Gasteiger partial charge on any atom is 0.417 e. The number of pyridine rings is 1. The first-order chi connectivity index (χ1) is 9.77. The molecule has 1 unspecified atom stereocenters. The van der Waals surface area contributed by atoms with E-state index in [9.17, 15) is 17.6 Å². The van der Waals surface area contributed by atoms with Crippen molar-refractivity contribution in [2.75, 3.05) is 5.32 Å². The molecular formula is C14H11ClF4N2. The van der Waals surface area contributed by atoms with E-state index in [4.69, 9.17) is 11.6 Å². The Balaban J connectivity index is 2.20. The Bertz CT molecular complexity index is 643. The summed E-state index contributed by atoms with van der Waals surface area (Å²) in [5, 5.41) is 2.71. The topological polar surface area (TPSA) is 24.9 Å². The summed E-state index contributed by atoms with van der Waals surface area (Å²) < 4.78 is 50.7. The Labute approximate surface area is 123 Å². The number of halogens is 5. The molecule has 0 aliphatic carbocycles. The van der Waals surface area contributed by atoms with E-state index in [1.54, 1.807) is 19.1 Å². The summed E-state index contributed by atoms with van der Waals surface area (Å²) in [6, 6.07) is 6.32. The highest BCUT2D eigenvalue weighted by Gasteiger charge is 2.31. The highest BCUT2D eigenvalue weighted by molar-refractivity contribution is 6.33. The highest BCUT2D eigenvalue weighted by atomic mass is 35.5. The fourth-order valence-electron chi connectivity index (χ4n) is 1.76. The second-order valence-corrected chi connectivity index (χ2v) is 4.88. The fraction of sp³-hybridized carbons (Fsp3) is 0.214. The van der Waals surface area contributed by atoms with Gasteiger partial charge in [0.25, 0.3) is 0 Å². The number of rotatable bonds is 3. The molecule has 0 saturated carbocycles. The third-order valence-electron chi connectivity index (χ3n) is 2.87. The summed E-state index contributed by atoms with van der Waals surface area (Å²) in [7, 11) is 0. The first kappa shape index (κ1) is 15.6. The molecule has 2 nitrogen and oxygen atoms in total. The van der Waals surface area contributed by atoms with Crippen LogP contribution in [0.2, 0.25) is 5.02 Å². The van der Waals surface area contributed by atoms with Crippen LogP contribution in [0.15, 0.2) is 36.5 Å². The van der Waals surface area contributed by atoms with Gasteiger partial charge in [-0.1, -0.05) is 23.7 Å². The smallest absolute Gasteiger partial charge is 0.362 e. The summed E-state index contributed by atoms with van der Waals surface area (Å²) >= 11 is 5.80. The minimum Gasteiger partial charge on any atom is -0.362 e. The third-order valence-corrected chi connectivity index (χ3v) is 3.16. The van der Waals surface area contributed by atoms with Crippen molar-refractivity contribution in [3.63, 3.8) is 0 Å². The van der Waals surface area contributed by atoms with Crippen molar-refractivity contribution in [3.8, 4) is 0 Å². The van der Waals surface area contributed by atoms with Gasteiger partial charge in [-0.2, -0.15) is 13.2 Å². The minimum atomic E-state index is -4.50. The number of hydrogen-bond donors (Lipinski definition) is 1. The summed E-state index contributed by atoms with van der Waals surface area (Å²) in [5.74, 6) is -0.283. The molecule has 1 aromatic heterocycles. The van der Waals surface area contributed by atoms with Crippen LogP contribution < -0.4 is 5.32 Å². The van der Waals surface area contributed by atoms with Gasteiger partial charge >= 0.3 is 6.18 Å². The minimum absolute atomic E-state index is 0.112. The summed E-state index contributed by atoms with van der Waals surface area (Å²) in [6.45, 7) is 1.73. The summed E-state index contributed by atoms with van der Waals surface area (Å²) in [4.78, 5) is 3.68. The van der Waals surface area contributed by atoms with E-state index in [1.165, 1.54) is 12.1 Å². The fourth-order valence-corrected chi connectivity index (χ4v) is 1.98. The summed E-state index contributed by atoms with van der Waals surface area (Å²) in [5.41, 5.74) is -0.288. The molecule has 1 N–H and O–H groups in total. The van der Waals surface area contributed by atoms with Gasteiger partial charge in [0.05, 0.1) is 16.6 Å². The van der Waals surface area contributed by atoms with Gasteiger partial charge in [-0.25, -0.2) is 9.37 Å². The van der Waals surface area contributed by atoms with Gasteiger partial charge in [0.15, 0.2) is 0 Å². The lowest BCUT2D eigenvalue weighted by atomic mass is 10.1. The van der Waals surface area contributed by atoms with Crippen molar-refractivity contribution in [2.45, 2.75) is 19.1 Å². The SMILES string of the molecule is CC(Nc1ncc(C(F)(F)F)cc1Cl)c1cccc(F)c1. The monoisotopic (exact) mass is 318 g/mol. The van der Waals surface area contributed by atoms with Crippen LogP contribution in [0.3, 0.4) is 0 Å². The van der Waals surface area contributed by atoms with Gasteiger partial charge in [-0.05, 0) is 30.7 Å². The second-order valence-electron chi connectivity index (χ2n) is 4.47. The van der Waals surface area contributed by atoms with E-state index in [0.717, 1.165) is 6.07 Å². The molecule has 0 aliphatic rings. The zero-order valence-corrected chi connectivity index (χ0v) is 11.6. The molecule has 2 aromatic rings. The van der Waals surface area contributed by atoms with E-state index < -0.39 is 17.6 Å². The third kappa shape index (κ3) is 3.85. The molecule has 2 rings (SSSR count). The Morgan fingerprint density at radius 3 is 2.52 bits per heavy atom. The number of anilines is 1. The molecule has 1 heterocycles. The normalized spacial score (nSPS) is 13.0. The molecule has 0 aliphatic heterocycles. The average molecular weight is 319 g/mol. The van der Waals surface area contributed by atoms with Crippen molar-refractivity contribution in [3.05, 3.63) is 58.5 Å². The van der Waals surface area contributed by atoms with Gasteiger partial charge in [0, 0.05) is 6.20 Å². The lowest BCUT2D eigenvalue weighted by Gasteiger charge is -2.17. The largest absolute Gasteiger partial charge is 0.417 e. The predicted octanol–water partition coefficient (Wildman–Crippen LogP) is 5.07. The molecule has 0 fully saturated rings. The Morgan fingerprint density at radius 2 is 1.95 bits per heavy atom. The zero-order chi connectivity index (χ0) is 15.6. The van der Waals surface area contributed by atoms with Crippen LogP contribution in [0.5, 0.6) is 0 Å². The van der Waals surface area contributed by atoms with E-state index in [2.05, 4.69) is 10.3 Å². The Hall–Kier alpha value is -1.82. The van der Waals surface area contributed by atoms with E-state index >= 15 is 0 Å². The number of nitrogens with one attached hydrogen (secondary N) is 1. The Kier molecular flexibility index (Phi) is 4.37. The standard InChI is InChI=1S/C14H11ClF4N2/c1-8(9-3-2-4-11(16)5-9)21-13-12(15)6-10(7-20-13)14(17,18)19/h2-8H,1H3,(H,20,21). The number of nitrogens with zero attached hydrogens (tertiary/aromatic N) is 1. The molecule has 0 radical (unpaired) electrons. The lowest BCUT2D eigenvalue weighted by Crippen LogP contribution is -2.11. The number of aromatic nitrogens is 1. The predicted molar refractivity (Wildman–Crippen MR) is 72.7 cm³/mol. The van der Waals surface area contributed by atoms with Gasteiger partial charge < -0.3 is 5.32 Å². The highest BCUT2D eigenvalue weighted by Crippen LogP contribution is 2.33. The molecule has 1 aromatic carbocycles. The van der Waals surface area contributed by atoms with Crippen LogP contribution in [0.1, 0.15) is 24.1 Å². The average Bonchev–Trinajstić information content (AvgIpc) is 2.39. The maximum absolute atomic E-state index is 13.1. The van der Waals surface area contributed by atoms with Crippen LogP contribution in [0, 0.1) is 5.82 Å². The summed E-state index contributed by atoms with van der Waals surface area (Å²) in [6.07, 6.45) is -3.80. The molecule has 0 bridgehead atoms. The van der Waals surface area contributed by atoms with E-state index in [0.29, 0.717) is 11.8 Å². The lowest BCUT2D eigenvalue weighted by molar-refractivity contribution is -0.137. The first-order valence-electron chi connectivity index (χ1n) is 6.02. The van der Waals surface area contributed by atoms with Gasteiger partial charge in [0.1, 0.15) is 11.6 Å². The molecule has 0 spiro atoms. The molecule has 21 heavy (non-hydrogen) atoms. The Morgan fingerprint density at radius 1 is 1.24 bits per heavy atom. The molecule has 0 amide bonds. The first-order valence-corrected chi connectivity index (χ1v) is 6.40. The van der Waals surface area contributed by atoms with Crippen LogP contribution in [0.25, 0.3) is 0 Å². The van der Waals surface area contributed by atoms with E-state index in [-0.39, 0.29) is 16.9 Å².